The number of piperidine rings is 1. The van der Waals surface area contributed by atoms with Crippen LogP contribution in [0.2, 0.25) is 0 Å². The molecule has 2 aliphatic rings. The van der Waals surface area contributed by atoms with E-state index in [0.717, 1.165) is 42.7 Å². The van der Waals surface area contributed by atoms with Gasteiger partial charge in [-0.1, -0.05) is 17.8 Å². The largest absolute Gasteiger partial charge is 0.378 e. The number of hydrogen-bond acceptors (Lipinski definition) is 6. The molecule has 0 spiro atoms. The predicted octanol–water partition coefficient (Wildman–Crippen LogP) is 1.87. The molecule has 126 valence electrons. The van der Waals surface area contributed by atoms with Crippen molar-refractivity contribution in [1.82, 2.24) is 9.80 Å². The normalized spacial score (nSPS) is 23.0. The number of likely N-dealkylation sites (tertiary alicyclic amines) is 1. The first-order chi connectivity index (χ1) is 11.1. The molecule has 1 unspecified atom stereocenters. The fraction of sp³-hybridized carbons (Fsp3) is 0.667. The highest BCUT2D eigenvalue weighted by molar-refractivity contribution is 7.13. The molecule has 0 bridgehead atoms. The Balaban J connectivity index is 1.67. The lowest BCUT2D eigenvalue weighted by molar-refractivity contribution is -0.380. The third kappa shape index (κ3) is 3.88. The molecule has 2 saturated heterocycles. The standard InChI is InChI=1S/C15H21N3O4S/c19-15(16-5-7-22-8-6-16)13-3-1-2-4-17(13)10-12-9-14(18(20)21)23-11-12/h9,11,13H,1-8,10H2. The highest BCUT2D eigenvalue weighted by Gasteiger charge is 2.32. The summed E-state index contributed by atoms with van der Waals surface area (Å²) >= 11 is 1.15. The van der Waals surface area contributed by atoms with Crippen LogP contribution in [-0.2, 0) is 16.1 Å². The molecule has 0 saturated carbocycles. The zero-order valence-electron chi connectivity index (χ0n) is 13.0. The van der Waals surface area contributed by atoms with E-state index in [1.54, 1.807) is 6.07 Å². The van der Waals surface area contributed by atoms with Crippen molar-refractivity contribution in [3.8, 4) is 0 Å². The van der Waals surface area contributed by atoms with Crippen molar-refractivity contribution in [2.45, 2.75) is 31.8 Å². The highest BCUT2D eigenvalue weighted by Crippen LogP contribution is 2.27. The topological polar surface area (TPSA) is 75.9 Å². The van der Waals surface area contributed by atoms with E-state index in [2.05, 4.69) is 4.90 Å². The van der Waals surface area contributed by atoms with Gasteiger partial charge in [0.05, 0.1) is 24.2 Å². The highest BCUT2D eigenvalue weighted by atomic mass is 32.1. The van der Waals surface area contributed by atoms with Crippen molar-refractivity contribution in [3.63, 3.8) is 0 Å². The summed E-state index contributed by atoms with van der Waals surface area (Å²) in [7, 11) is 0. The molecule has 2 fully saturated rings. The second-order valence-electron chi connectivity index (χ2n) is 5.97. The van der Waals surface area contributed by atoms with Gasteiger partial charge in [-0.25, -0.2) is 0 Å². The zero-order chi connectivity index (χ0) is 16.2. The van der Waals surface area contributed by atoms with Crippen LogP contribution in [0.25, 0.3) is 0 Å². The molecule has 1 atom stereocenters. The molecule has 3 rings (SSSR count). The molecule has 23 heavy (non-hydrogen) atoms. The van der Waals surface area contributed by atoms with E-state index in [1.807, 2.05) is 10.3 Å². The zero-order valence-corrected chi connectivity index (χ0v) is 13.8. The van der Waals surface area contributed by atoms with Gasteiger partial charge in [-0.05, 0) is 24.9 Å². The fourth-order valence-electron chi connectivity index (χ4n) is 3.23. The number of nitro groups is 1. The first-order valence-electron chi connectivity index (χ1n) is 7.97. The maximum atomic E-state index is 12.8. The molecule has 1 amide bonds. The number of rotatable bonds is 4. The van der Waals surface area contributed by atoms with E-state index in [4.69, 9.17) is 4.74 Å². The van der Waals surface area contributed by atoms with Gasteiger partial charge in [0.15, 0.2) is 0 Å². The van der Waals surface area contributed by atoms with Crippen molar-refractivity contribution < 1.29 is 14.5 Å². The third-order valence-electron chi connectivity index (χ3n) is 4.43. The Labute approximate surface area is 139 Å². The van der Waals surface area contributed by atoms with Gasteiger partial charge in [0.2, 0.25) is 5.91 Å². The summed E-state index contributed by atoms with van der Waals surface area (Å²) in [5.41, 5.74) is 0.920. The minimum Gasteiger partial charge on any atom is -0.378 e. The van der Waals surface area contributed by atoms with Gasteiger partial charge in [-0.2, -0.15) is 0 Å². The van der Waals surface area contributed by atoms with Gasteiger partial charge in [0.25, 0.3) is 0 Å². The van der Waals surface area contributed by atoms with E-state index in [0.29, 0.717) is 32.8 Å². The lowest BCUT2D eigenvalue weighted by atomic mass is 10.00. The van der Waals surface area contributed by atoms with Crippen LogP contribution in [0.4, 0.5) is 5.00 Å². The lowest BCUT2D eigenvalue weighted by Gasteiger charge is -2.38. The van der Waals surface area contributed by atoms with Gasteiger partial charge in [0.1, 0.15) is 0 Å². The first-order valence-corrected chi connectivity index (χ1v) is 8.85. The van der Waals surface area contributed by atoms with Crippen LogP contribution in [0.3, 0.4) is 0 Å². The lowest BCUT2D eigenvalue weighted by Crippen LogP contribution is -2.53. The summed E-state index contributed by atoms with van der Waals surface area (Å²) in [5, 5.41) is 12.8. The van der Waals surface area contributed by atoms with E-state index in [-0.39, 0.29) is 21.9 Å². The second-order valence-corrected chi connectivity index (χ2v) is 6.86. The van der Waals surface area contributed by atoms with Gasteiger partial charge < -0.3 is 9.64 Å². The van der Waals surface area contributed by atoms with Crippen molar-refractivity contribution in [2.75, 3.05) is 32.8 Å². The summed E-state index contributed by atoms with van der Waals surface area (Å²) < 4.78 is 5.31. The number of thiophene rings is 1. The van der Waals surface area contributed by atoms with Crippen LogP contribution in [0.15, 0.2) is 11.4 Å². The Bertz CT molecular complexity index is 571. The average molecular weight is 339 g/mol. The quantitative estimate of drug-likeness (QED) is 0.618. The van der Waals surface area contributed by atoms with Crippen LogP contribution < -0.4 is 0 Å². The Morgan fingerprint density at radius 1 is 1.35 bits per heavy atom. The smallest absolute Gasteiger partial charge is 0.324 e. The Morgan fingerprint density at radius 2 is 2.13 bits per heavy atom. The molecule has 7 nitrogen and oxygen atoms in total. The first kappa shape index (κ1) is 16.4. The molecule has 2 aliphatic heterocycles. The van der Waals surface area contributed by atoms with Crippen LogP contribution in [-0.4, -0.2) is 59.5 Å². The van der Waals surface area contributed by atoms with Crippen molar-refractivity contribution in [3.05, 3.63) is 27.1 Å². The molecule has 3 heterocycles. The maximum Gasteiger partial charge on any atom is 0.324 e. The van der Waals surface area contributed by atoms with E-state index >= 15 is 0 Å². The number of amides is 1. The van der Waals surface area contributed by atoms with Crippen molar-refractivity contribution >= 4 is 22.2 Å². The summed E-state index contributed by atoms with van der Waals surface area (Å²) in [5.74, 6) is 0.178. The molecule has 8 heteroatoms. The van der Waals surface area contributed by atoms with E-state index < -0.39 is 0 Å². The summed E-state index contributed by atoms with van der Waals surface area (Å²) in [6.45, 7) is 4.00. The van der Waals surface area contributed by atoms with Crippen molar-refractivity contribution in [2.24, 2.45) is 0 Å². The van der Waals surface area contributed by atoms with Crippen LogP contribution in [0.5, 0.6) is 0 Å². The van der Waals surface area contributed by atoms with E-state index in [9.17, 15) is 14.9 Å². The molecule has 1 aromatic heterocycles. The Morgan fingerprint density at radius 3 is 2.83 bits per heavy atom. The van der Waals surface area contributed by atoms with Gasteiger partial charge >= 0.3 is 5.00 Å². The third-order valence-corrected chi connectivity index (χ3v) is 5.36. The molecule has 0 N–H and O–H groups in total. The summed E-state index contributed by atoms with van der Waals surface area (Å²) in [6.07, 6.45) is 2.99. The van der Waals surface area contributed by atoms with Crippen molar-refractivity contribution in [1.29, 1.82) is 0 Å². The van der Waals surface area contributed by atoms with Gasteiger partial charge in [0, 0.05) is 31.1 Å². The number of nitrogens with zero attached hydrogens (tertiary/aromatic N) is 3. The molecule has 1 aromatic rings. The van der Waals surface area contributed by atoms with Gasteiger partial charge in [-0.15, -0.1) is 0 Å². The van der Waals surface area contributed by atoms with Crippen LogP contribution >= 0.6 is 11.3 Å². The number of morpholine rings is 1. The number of hydrogen-bond donors (Lipinski definition) is 0. The molecule has 0 aromatic carbocycles. The Kier molecular flexibility index (Phi) is 5.24. The van der Waals surface area contributed by atoms with E-state index in [1.165, 1.54) is 0 Å². The SMILES string of the molecule is O=C(C1CCCCN1Cc1csc([N+](=O)[O-])c1)N1CCOCC1. The number of ether oxygens (including phenoxy) is 1. The predicted molar refractivity (Wildman–Crippen MR) is 86.4 cm³/mol. The van der Waals surface area contributed by atoms with Gasteiger partial charge in [-0.3, -0.25) is 19.8 Å². The monoisotopic (exact) mass is 339 g/mol. The minimum absolute atomic E-state index is 0.110. The van der Waals surface area contributed by atoms with Crippen LogP contribution in [0, 0.1) is 10.1 Å². The molecular weight excluding hydrogens is 318 g/mol. The fourth-order valence-corrected chi connectivity index (χ4v) is 3.95. The minimum atomic E-state index is -0.360. The second kappa shape index (κ2) is 7.37. The molecule has 0 radical (unpaired) electrons. The number of carbonyl (C=O) groups excluding carboxylic acids is 1. The summed E-state index contributed by atoms with van der Waals surface area (Å²) in [6, 6.07) is 1.51. The average Bonchev–Trinajstić information content (AvgIpc) is 3.04. The maximum absolute atomic E-state index is 12.8. The summed E-state index contributed by atoms with van der Waals surface area (Å²) in [4.78, 5) is 27.3. The molecular formula is C15H21N3O4S. The number of carbonyl (C=O) groups is 1. The van der Waals surface area contributed by atoms with Crippen LogP contribution in [0.1, 0.15) is 24.8 Å². The molecule has 0 aliphatic carbocycles. The Hall–Kier alpha value is -1.51.